The molecule has 2 aromatic rings. The fraction of sp³-hybridized carbons (Fsp3) is 0.227. The van der Waals surface area contributed by atoms with Crippen LogP contribution in [0.25, 0.3) is 6.08 Å². The lowest BCUT2D eigenvalue weighted by molar-refractivity contribution is -0.121. The molecule has 2 aromatic carbocycles. The maximum absolute atomic E-state index is 14.8. The van der Waals surface area contributed by atoms with Crippen LogP contribution in [0.2, 0.25) is 5.02 Å². The van der Waals surface area contributed by atoms with Gasteiger partial charge in [0.05, 0.1) is 22.7 Å². The van der Waals surface area contributed by atoms with E-state index < -0.39 is 11.4 Å². The van der Waals surface area contributed by atoms with Gasteiger partial charge in [0.2, 0.25) is 0 Å². The highest BCUT2D eigenvalue weighted by atomic mass is 35.5. The monoisotopic (exact) mass is 492 g/mol. The number of hydrogen-bond donors (Lipinski definition) is 2. The van der Waals surface area contributed by atoms with Crippen molar-refractivity contribution in [3.8, 4) is 5.75 Å². The Morgan fingerprint density at radius 3 is 2.75 bits per heavy atom. The lowest BCUT2D eigenvalue weighted by Crippen LogP contribution is -2.38. The lowest BCUT2D eigenvalue weighted by Gasteiger charge is -2.30. The predicted octanol–water partition coefficient (Wildman–Crippen LogP) is 4.12. The largest absolute Gasteiger partial charge is 0.478 e. The molecule has 166 valence electrons. The van der Waals surface area contributed by atoms with Gasteiger partial charge in [-0.1, -0.05) is 41.6 Å². The summed E-state index contributed by atoms with van der Waals surface area (Å²) in [5.41, 5.74) is 0.681. The van der Waals surface area contributed by atoms with Crippen molar-refractivity contribution in [3.63, 3.8) is 0 Å². The van der Waals surface area contributed by atoms with E-state index in [0.29, 0.717) is 30.9 Å². The highest BCUT2D eigenvalue weighted by Gasteiger charge is 2.30. The molecule has 2 aliphatic heterocycles. The molecule has 32 heavy (non-hydrogen) atoms. The minimum atomic E-state index is -1.18. The summed E-state index contributed by atoms with van der Waals surface area (Å²) in [7, 11) is 0. The Kier molecular flexibility index (Phi) is 6.02. The lowest BCUT2D eigenvalue weighted by atomic mass is 9.96. The SMILES string of the molecule is CC(C)(O)c1cc(CN2C(=O)COc3c(F)cc(C=C4SC(=S)NC4=O)cc32)ccc1Cl. The summed E-state index contributed by atoms with van der Waals surface area (Å²) in [6, 6.07) is 7.93. The van der Waals surface area contributed by atoms with E-state index >= 15 is 0 Å². The standard InChI is InChI=1S/C22H18ClFN2O4S2/c1-22(2,29)13-5-11(3-4-14(13)23)9-26-16-7-12(8-17-20(28)25-21(31)32-17)6-15(24)19(16)30-10-18(26)27/h3-8,29H,9-10H2,1-2H3,(H,25,28,31). The number of halogens is 2. The fourth-order valence-corrected chi connectivity index (χ4v) is 4.83. The molecule has 2 amide bonds. The quantitative estimate of drug-likeness (QED) is 0.494. The number of amides is 2. The molecule has 6 nitrogen and oxygen atoms in total. The number of carbonyl (C=O) groups excluding carboxylic acids is 2. The van der Waals surface area contributed by atoms with E-state index in [1.807, 2.05) is 0 Å². The number of rotatable bonds is 4. The van der Waals surface area contributed by atoms with Crippen LogP contribution in [0.3, 0.4) is 0 Å². The molecule has 2 N–H and O–H groups in total. The van der Waals surface area contributed by atoms with Crippen molar-refractivity contribution in [1.29, 1.82) is 0 Å². The number of hydrogen-bond acceptors (Lipinski definition) is 6. The van der Waals surface area contributed by atoms with Crippen molar-refractivity contribution in [2.24, 2.45) is 0 Å². The van der Waals surface area contributed by atoms with Crippen LogP contribution < -0.4 is 15.0 Å². The first-order valence-electron chi connectivity index (χ1n) is 9.56. The zero-order valence-corrected chi connectivity index (χ0v) is 19.5. The van der Waals surface area contributed by atoms with Gasteiger partial charge in [0.1, 0.15) is 4.32 Å². The second-order valence-electron chi connectivity index (χ2n) is 7.84. The van der Waals surface area contributed by atoms with Crippen LogP contribution >= 0.6 is 35.6 Å². The van der Waals surface area contributed by atoms with Crippen molar-refractivity contribution < 1.29 is 23.8 Å². The topological polar surface area (TPSA) is 78.9 Å². The smallest absolute Gasteiger partial charge is 0.265 e. The van der Waals surface area contributed by atoms with Gasteiger partial charge in [0.15, 0.2) is 18.2 Å². The van der Waals surface area contributed by atoms with Crippen LogP contribution in [-0.2, 0) is 21.7 Å². The van der Waals surface area contributed by atoms with E-state index in [2.05, 4.69) is 5.32 Å². The van der Waals surface area contributed by atoms with Crippen LogP contribution in [0.4, 0.5) is 10.1 Å². The van der Waals surface area contributed by atoms with E-state index in [-0.39, 0.29) is 36.4 Å². The van der Waals surface area contributed by atoms with E-state index in [0.717, 1.165) is 11.8 Å². The van der Waals surface area contributed by atoms with E-state index in [4.69, 9.17) is 28.6 Å². The van der Waals surface area contributed by atoms with E-state index in [1.165, 1.54) is 17.0 Å². The zero-order chi connectivity index (χ0) is 23.2. The average Bonchev–Trinajstić information content (AvgIpc) is 3.01. The van der Waals surface area contributed by atoms with Crippen molar-refractivity contribution in [1.82, 2.24) is 5.32 Å². The first-order chi connectivity index (χ1) is 15.0. The van der Waals surface area contributed by atoms with Crippen LogP contribution in [0.5, 0.6) is 5.75 Å². The Bertz CT molecular complexity index is 1190. The number of benzene rings is 2. The first-order valence-corrected chi connectivity index (χ1v) is 11.2. The van der Waals surface area contributed by atoms with Gasteiger partial charge in [-0.2, -0.15) is 0 Å². The van der Waals surface area contributed by atoms with E-state index in [9.17, 15) is 19.1 Å². The second kappa shape index (κ2) is 8.47. The molecule has 1 saturated heterocycles. The molecule has 10 heteroatoms. The Morgan fingerprint density at radius 2 is 2.09 bits per heavy atom. The number of aliphatic hydroxyl groups is 1. The van der Waals surface area contributed by atoms with Gasteiger partial charge in [-0.05, 0) is 55.3 Å². The molecule has 0 aliphatic carbocycles. The molecule has 4 rings (SSSR count). The number of nitrogens with zero attached hydrogens (tertiary/aromatic N) is 1. The van der Waals surface area contributed by atoms with Gasteiger partial charge in [-0.25, -0.2) is 4.39 Å². The summed E-state index contributed by atoms with van der Waals surface area (Å²) in [5.74, 6) is -1.40. The van der Waals surface area contributed by atoms with Crippen molar-refractivity contribution >= 4 is 63.5 Å². The fourth-order valence-electron chi connectivity index (χ4n) is 3.44. The molecular weight excluding hydrogens is 475 g/mol. The summed E-state index contributed by atoms with van der Waals surface area (Å²) in [6.07, 6.45) is 1.51. The third-order valence-electron chi connectivity index (χ3n) is 4.95. The minimum absolute atomic E-state index is 0.0394. The van der Waals surface area contributed by atoms with Gasteiger partial charge in [-0.15, -0.1) is 0 Å². The molecule has 1 fully saturated rings. The van der Waals surface area contributed by atoms with Gasteiger partial charge >= 0.3 is 0 Å². The molecular formula is C22H18ClFN2O4S2. The average molecular weight is 493 g/mol. The van der Waals surface area contributed by atoms with Crippen LogP contribution in [0.1, 0.15) is 30.5 Å². The van der Waals surface area contributed by atoms with Gasteiger partial charge < -0.3 is 20.1 Å². The Labute approximate surface area is 198 Å². The molecule has 0 unspecified atom stereocenters. The number of ether oxygens (including phenoxy) is 1. The maximum Gasteiger partial charge on any atom is 0.265 e. The Morgan fingerprint density at radius 1 is 1.34 bits per heavy atom. The number of nitrogens with one attached hydrogen (secondary N) is 1. The van der Waals surface area contributed by atoms with Crippen LogP contribution in [0, 0.1) is 5.82 Å². The third-order valence-corrected chi connectivity index (χ3v) is 6.44. The number of fused-ring (bicyclic) bond motifs is 1. The van der Waals surface area contributed by atoms with Gasteiger partial charge in [0.25, 0.3) is 11.8 Å². The van der Waals surface area contributed by atoms with E-state index in [1.54, 1.807) is 38.1 Å². The molecule has 0 bridgehead atoms. The zero-order valence-electron chi connectivity index (χ0n) is 17.1. The molecule has 0 radical (unpaired) electrons. The van der Waals surface area contributed by atoms with Crippen LogP contribution in [0.15, 0.2) is 35.2 Å². The van der Waals surface area contributed by atoms with Crippen LogP contribution in [-0.4, -0.2) is 27.8 Å². The number of carbonyl (C=O) groups is 2. The minimum Gasteiger partial charge on any atom is -0.478 e. The Balaban J connectivity index is 1.73. The molecule has 0 spiro atoms. The van der Waals surface area contributed by atoms with Gasteiger partial charge in [-0.3, -0.25) is 9.59 Å². The highest BCUT2D eigenvalue weighted by molar-refractivity contribution is 8.26. The van der Waals surface area contributed by atoms with Gasteiger partial charge in [0, 0.05) is 10.6 Å². The second-order valence-corrected chi connectivity index (χ2v) is 9.97. The number of thiocarbonyl (C=S) groups is 1. The molecule has 0 aromatic heterocycles. The molecule has 0 atom stereocenters. The normalized spacial score (nSPS) is 17.5. The summed E-state index contributed by atoms with van der Waals surface area (Å²) in [5, 5.41) is 13.3. The van der Waals surface area contributed by atoms with Crippen molar-refractivity contribution in [2.75, 3.05) is 11.5 Å². The maximum atomic E-state index is 14.8. The highest BCUT2D eigenvalue weighted by Crippen LogP contribution is 2.38. The van der Waals surface area contributed by atoms with Crippen molar-refractivity contribution in [2.45, 2.75) is 26.0 Å². The van der Waals surface area contributed by atoms with Crippen molar-refractivity contribution in [3.05, 3.63) is 62.8 Å². The third kappa shape index (κ3) is 4.52. The number of thioether (sulfide) groups is 1. The molecule has 0 saturated carbocycles. The summed E-state index contributed by atoms with van der Waals surface area (Å²) in [4.78, 5) is 26.4. The first kappa shape index (κ1) is 22.7. The number of anilines is 1. The Hall–Kier alpha value is -2.46. The summed E-state index contributed by atoms with van der Waals surface area (Å²) >= 11 is 12.3. The summed E-state index contributed by atoms with van der Waals surface area (Å²) < 4.78 is 20.5. The predicted molar refractivity (Wildman–Crippen MR) is 126 cm³/mol. The molecule has 2 heterocycles. The molecule has 2 aliphatic rings. The summed E-state index contributed by atoms with van der Waals surface area (Å²) in [6.45, 7) is 3.05.